The first-order valence-electron chi connectivity index (χ1n) is 7.16. The van der Waals surface area contributed by atoms with Crippen LogP contribution in [0.5, 0.6) is 0 Å². The van der Waals surface area contributed by atoms with Crippen LogP contribution in [-0.2, 0) is 6.54 Å². The van der Waals surface area contributed by atoms with Gasteiger partial charge in [-0.15, -0.1) is 16.4 Å². The fraction of sp³-hybridized carbons (Fsp3) is 0.267. The molecule has 0 bridgehead atoms. The molecule has 0 fully saturated rings. The van der Waals surface area contributed by atoms with Crippen LogP contribution in [0.25, 0.3) is 5.69 Å². The van der Waals surface area contributed by atoms with Crippen molar-refractivity contribution in [3.8, 4) is 5.69 Å². The Balaban J connectivity index is 1.49. The summed E-state index contributed by atoms with van der Waals surface area (Å²) in [6.07, 6.45) is 0. The number of hydrogen-bond donors (Lipinski definition) is 1. The molecule has 7 heteroatoms. The van der Waals surface area contributed by atoms with Crippen molar-refractivity contribution in [2.24, 2.45) is 0 Å². The van der Waals surface area contributed by atoms with E-state index in [4.69, 9.17) is 0 Å². The van der Waals surface area contributed by atoms with Crippen molar-refractivity contribution in [3.05, 3.63) is 52.2 Å². The van der Waals surface area contributed by atoms with Gasteiger partial charge in [-0.25, -0.2) is 0 Å². The third kappa shape index (κ3) is 3.73. The molecule has 3 rings (SSSR count). The van der Waals surface area contributed by atoms with Crippen molar-refractivity contribution >= 4 is 23.1 Å². The van der Waals surface area contributed by atoms with Crippen LogP contribution in [0.4, 0.5) is 0 Å². The summed E-state index contributed by atoms with van der Waals surface area (Å²) in [5.74, 6) is 0.984. The van der Waals surface area contributed by atoms with E-state index in [2.05, 4.69) is 39.2 Å². The van der Waals surface area contributed by atoms with Gasteiger partial charge < -0.3 is 5.32 Å². The Morgan fingerprint density at radius 2 is 2.09 bits per heavy atom. The summed E-state index contributed by atoms with van der Waals surface area (Å²) in [7, 11) is 0. The topological polar surface area (TPSA) is 60.2 Å². The molecule has 0 aliphatic heterocycles. The third-order valence-corrected chi connectivity index (χ3v) is 5.29. The third-order valence-electron chi connectivity index (χ3n) is 3.29. The summed E-state index contributed by atoms with van der Waals surface area (Å²) >= 11 is 3.52. The number of benzene rings is 1. The molecule has 22 heavy (non-hydrogen) atoms. The number of nitrogens with zero attached hydrogens (tertiary/aromatic N) is 4. The number of nitrogens with two attached hydrogens (primary N) is 1. The van der Waals surface area contributed by atoms with Gasteiger partial charge >= 0.3 is 0 Å². The zero-order valence-electron chi connectivity index (χ0n) is 12.3. The van der Waals surface area contributed by atoms with E-state index in [1.165, 1.54) is 10.4 Å². The van der Waals surface area contributed by atoms with E-state index in [0.29, 0.717) is 0 Å². The highest BCUT2D eigenvalue weighted by Crippen LogP contribution is 2.17. The highest BCUT2D eigenvalue weighted by atomic mass is 32.2. The average molecular weight is 332 g/mol. The monoisotopic (exact) mass is 332 g/mol. The Bertz CT molecular complexity index is 708. The van der Waals surface area contributed by atoms with Gasteiger partial charge in [-0.05, 0) is 46.5 Å². The second kappa shape index (κ2) is 7.53. The van der Waals surface area contributed by atoms with Gasteiger partial charge in [-0.1, -0.05) is 30.0 Å². The molecule has 0 atom stereocenters. The van der Waals surface area contributed by atoms with Crippen molar-refractivity contribution in [1.29, 1.82) is 0 Å². The normalized spacial score (nSPS) is 11.0. The van der Waals surface area contributed by atoms with Crippen molar-refractivity contribution in [1.82, 2.24) is 20.2 Å². The number of tetrazole rings is 1. The van der Waals surface area contributed by atoms with Crippen molar-refractivity contribution < 1.29 is 5.32 Å². The fourth-order valence-electron chi connectivity index (χ4n) is 2.08. The van der Waals surface area contributed by atoms with Gasteiger partial charge in [0.2, 0.25) is 5.16 Å². The molecule has 114 valence electrons. The van der Waals surface area contributed by atoms with E-state index >= 15 is 0 Å². The molecular formula is C15H18N5S2+. The van der Waals surface area contributed by atoms with Crippen LogP contribution in [0.15, 0.2) is 46.9 Å². The number of para-hydroxylation sites is 1. The molecular weight excluding hydrogens is 314 g/mol. The Morgan fingerprint density at radius 1 is 1.23 bits per heavy atom. The Morgan fingerprint density at radius 3 is 2.86 bits per heavy atom. The number of quaternary nitrogens is 1. The quantitative estimate of drug-likeness (QED) is 0.530. The molecule has 2 N–H and O–H groups in total. The zero-order chi connectivity index (χ0) is 15.2. The van der Waals surface area contributed by atoms with Crippen LogP contribution in [0, 0.1) is 6.92 Å². The number of thioether (sulfide) groups is 1. The fourth-order valence-corrected chi connectivity index (χ4v) is 3.81. The summed E-state index contributed by atoms with van der Waals surface area (Å²) < 4.78 is 1.79. The first-order chi connectivity index (χ1) is 10.8. The van der Waals surface area contributed by atoms with Crippen molar-refractivity contribution in [2.45, 2.75) is 18.6 Å². The SMILES string of the molecule is Cc1ccsc1C[NH2+]CCSc1nnnn1-c1ccccc1. The van der Waals surface area contributed by atoms with Crippen molar-refractivity contribution in [2.75, 3.05) is 12.3 Å². The van der Waals surface area contributed by atoms with E-state index in [1.54, 1.807) is 16.4 Å². The molecule has 1 aromatic carbocycles. The van der Waals surface area contributed by atoms with Gasteiger partial charge in [0, 0.05) is 0 Å². The maximum Gasteiger partial charge on any atom is 0.214 e. The van der Waals surface area contributed by atoms with E-state index in [1.807, 2.05) is 41.7 Å². The minimum Gasteiger partial charge on any atom is -0.341 e. The first kappa shape index (κ1) is 15.2. The van der Waals surface area contributed by atoms with Crippen LogP contribution in [0.1, 0.15) is 10.4 Å². The molecule has 0 spiro atoms. The molecule has 3 aromatic rings. The highest BCUT2D eigenvalue weighted by molar-refractivity contribution is 7.99. The number of aryl methyl sites for hydroxylation is 1. The molecule has 2 heterocycles. The molecule has 2 aromatic heterocycles. The second-order valence-electron chi connectivity index (χ2n) is 4.87. The van der Waals surface area contributed by atoms with Crippen LogP contribution >= 0.6 is 23.1 Å². The number of rotatable bonds is 7. The molecule has 0 radical (unpaired) electrons. The lowest BCUT2D eigenvalue weighted by Gasteiger charge is -2.04. The molecule has 5 nitrogen and oxygen atoms in total. The van der Waals surface area contributed by atoms with Gasteiger partial charge in [-0.3, -0.25) is 0 Å². The largest absolute Gasteiger partial charge is 0.341 e. The lowest BCUT2D eigenvalue weighted by Crippen LogP contribution is -2.83. The molecule has 0 amide bonds. The first-order valence-corrected chi connectivity index (χ1v) is 9.02. The lowest BCUT2D eigenvalue weighted by atomic mass is 10.3. The van der Waals surface area contributed by atoms with E-state index < -0.39 is 0 Å². The average Bonchev–Trinajstić information content (AvgIpc) is 3.17. The Kier molecular flexibility index (Phi) is 5.20. The van der Waals surface area contributed by atoms with E-state index in [9.17, 15) is 0 Å². The molecule has 0 aliphatic rings. The van der Waals surface area contributed by atoms with Gasteiger partial charge in [-0.2, -0.15) is 4.68 Å². The standard InChI is InChI=1S/C15H17N5S2/c1-12-7-9-21-14(12)11-16-8-10-22-15-17-18-19-20(15)13-5-3-2-4-6-13/h2-7,9,16H,8,10-11H2,1H3/p+1. The minimum absolute atomic E-state index is 0.840. The second-order valence-corrected chi connectivity index (χ2v) is 6.93. The summed E-state index contributed by atoms with van der Waals surface area (Å²) in [6, 6.07) is 12.2. The van der Waals surface area contributed by atoms with Crippen LogP contribution in [0.2, 0.25) is 0 Å². The maximum atomic E-state index is 4.11. The minimum atomic E-state index is 0.840. The molecule has 0 saturated carbocycles. The number of aromatic nitrogens is 4. The molecule has 0 aliphatic carbocycles. The summed E-state index contributed by atoms with van der Waals surface area (Å²) in [6.45, 7) is 4.26. The van der Waals surface area contributed by atoms with Gasteiger partial charge in [0.1, 0.15) is 6.54 Å². The predicted octanol–water partition coefficient (Wildman–Crippen LogP) is 1.89. The summed E-state index contributed by atoms with van der Waals surface area (Å²) in [5.41, 5.74) is 2.38. The summed E-state index contributed by atoms with van der Waals surface area (Å²) in [5, 5.41) is 17.3. The maximum absolute atomic E-state index is 4.11. The van der Waals surface area contributed by atoms with Gasteiger partial charge in [0.25, 0.3) is 0 Å². The van der Waals surface area contributed by atoms with Crippen LogP contribution in [0.3, 0.4) is 0 Å². The van der Waals surface area contributed by atoms with Gasteiger partial charge in [0.15, 0.2) is 0 Å². The Hall–Kier alpha value is -1.70. The smallest absolute Gasteiger partial charge is 0.214 e. The number of thiophene rings is 1. The molecule has 0 saturated heterocycles. The van der Waals surface area contributed by atoms with Crippen LogP contribution < -0.4 is 5.32 Å². The zero-order valence-corrected chi connectivity index (χ0v) is 14.0. The summed E-state index contributed by atoms with van der Waals surface area (Å²) in [4.78, 5) is 1.46. The highest BCUT2D eigenvalue weighted by Gasteiger charge is 2.09. The Labute approximate surface area is 137 Å². The number of hydrogen-bond acceptors (Lipinski definition) is 5. The predicted molar refractivity (Wildman–Crippen MR) is 89.4 cm³/mol. The van der Waals surface area contributed by atoms with E-state index in [0.717, 1.165) is 29.7 Å². The van der Waals surface area contributed by atoms with E-state index in [-0.39, 0.29) is 0 Å². The van der Waals surface area contributed by atoms with Gasteiger partial charge in [0.05, 0.1) is 22.9 Å². The van der Waals surface area contributed by atoms with Crippen LogP contribution in [-0.4, -0.2) is 32.5 Å². The molecule has 0 unspecified atom stereocenters. The lowest BCUT2D eigenvalue weighted by molar-refractivity contribution is -0.666. The van der Waals surface area contributed by atoms with Crippen molar-refractivity contribution in [3.63, 3.8) is 0 Å².